The topological polar surface area (TPSA) is 76.7 Å². The largest absolute Gasteiger partial charge is 0.497 e. The molecule has 0 aliphatic heterocycles. The van der Waals surface area contributed by atoms with E-state index in [9.17, 15) is 9.59 Å². The Morgan fingerprint density at radius 3 is 2.23 bits per heavy atom. The van der Waals surface area contributed by atoms with Crippen molar-refractivity contribution in [3.63, 3.8) is 0 Å². The highest BCUT2D eigenvalue weighted by atomic mass is 16.5. The third-order valence-corrected chi connectivity index (χ3v) is 4.43. The van der Waals surface area contributed by atoms with E-state index < -0.39 is 0 Å². The van der Waals surface area contributed by atoms with Gasteiger partial charge in [0.15, 0.2) is 6.61 Å². The molecule has 3 aromatic carbocycles. The van der Waals surface area contributed by atoms with Crippen molar-refractivity contribution in [2.24, 2.45) is 0 Å². The standard InChI is InChI=1S/C24H24N2O4/c1-3-17-6-4-7-19(14-17)26-24(28)18-10-12-21(13-11-18)30-16-23(27)25-20-8-5-9-22(15-20)29-2/h4-15H,3,16H2,1-2H3,(H,25,27)(H,26,28). The maximum absolute atomic E-state index is 12.4. The summed E-state index contributed by atoms with van der Waals surface area (Å²) in [6, 6.07) is 21.5. The van der Waals surface area contributed by atoms with Crippen molar-refractivity contribution in [3.05, 3.63) is 83.9 Å². The molecule has 30 heavy (non-hydrogen) atoms. The first-order chi connectivity index (χ1) is 14.6. The highest BCUT2D eigenvalue weighted by molar-refractivity contribution is 6.04. The molecule has 2 amide bonds. The first-order valence-electron chi connectivity index (χ1n) is 9.64. The highest BCUT2D eigenvalue weighted by Crippen LogP contribution is 2.18. The van der Waals surface area contributed by atoms with Crippen molar-refractivity contribution in [3.8, 4) is 11.5 Å². The molecule has 0 saturated carbocycles. The van der Waals surface area contributed by atoms with Gasteiger partial charge in [-0.3, -0.25) is 9.59 Å². The number of carbonyl (C=O) groups excluding carboxylic acids is 2. The molecule has 0 saturated heterocycles. The van der Waals surface area contributed by atoms with Crippen molar-refractivity contribution in [1.82, 2.24) is 0 Å². The molecule has 0 unspecified atom stereocenters. The molecule has 0 spiro atoms. The van der Waals surface area contributed by atoms with Crippen LogP contribution in [0.3, 0.4) is 0 Å². The number of amides is 2. The van der Waals surface area contributed by atoms with E-state index >= 15 is 0 Å². The van der Waals surface area contributed by atoms with E-state index in [0.29, 0.717) is 22.7 Å². The Labute approximate surface area is 175 Å². The zero-order valence-electron chi connectivity index (χ0n) is 17.0. The third kappa shape index (κ3) is 5.85. The van der Waals surface area contributed by atoms with Crippen LogP contribution in [0.25, 0.3) is 0 Å². The number of aryl methyl sites for hydroxylation is 1. The Bertz CT molecular complexity index is 1020. The van der Waals surface area contributed by atoms with Gasteiger partial charge in [0, 0.05) is 23.0 Å². The molecular formula is C24H24N2O4. The van der Waals surface area contributed by atoms with E-state index in [1.165, 1.54) is 0 Å². The number of methoxy groups -OCH3 is 1. The van der Waals surface area contributed by atoms with Gasteiger partial charge in [0.2, 0.25) is 0 Å². The van der Waals surface area contributed by atoms with Crippen LogP contribution in [0.15, 0.2) is 72.8 Å². The number of benzene rings is 3. The molecule has 3 rings (SSSR count). The fourth-order valence-corrected chi connectivity index (χ4v) is 2.82. The van der Waals surface area contributed by atoms with Gasteiger partial charge in [-0.15, -0.1) is 0 Å². The summed E-state index contributed by atoms with van der Waals surface area (Å²) in [5, 5.41) is 5.63. The number of anilines is 2. The van der Waals surface area contributed by atoms with Gasteiger partial charge < -0.3 is 20.1 Å². The predicted molar refractivity (Wildman–Crippen MR) is 117 cm³/mol. The lowest BCUT2D eigenvalue weighted by molar-refractivity contribution is -0.118. The van der Waals surface area contributed by atoms with E-state index in [-0.39, 0.29) is 18.4 Å². The predicted octanol–water partition coefficient (Wildman–Crippen LogP) is 4.53. The van der Waals surface area contributed by atoms with Crippen molar-refractivity contribution in [2.75, 3.05) is 24.4 Å². The van der Waals surface area contributed by atoms with Gasteiger partial charge in [-0.05, 0) is 60.5 Å². The van der Waals surface area contributed by atoms with Gasteiger partial charge in [0.05, 0.1) is 7.11 Å². The number of rotatable bonds is 8. The van der Waals surface area contributed by atoms with Crippen molar-refractivity contribution >= 4 is 23.2 Å². The van der Waals surface area contributed by atoms with Crippen LogP contribution in [0.4, 0.5) is 11.4 Å². The van der Waals surface area contributed by atoms with Crippen molar-refractivity contribution in [2.45, 2.75) is 13.3 Å². The zero-order chi connectivity index (χ0) is 21.3. The lowest BCUT2D eigenvalue weighted by atomic mass is 10.1. The van der Waals surface area contributed by atoms with E-state index in [4.69, 9.17) is 9.47 Å². The quantitative estimate of drug-likeness (QED) is 0.578. The first-order valence-corrected chi connectivity index (χ1v) is 9.64. The van der Waals surface area contributed by atoms with E-state index in [0.717, 1.165) is 17.7 Å². The molecule has 0 aliphatic rings. The fraction of sp³-hybridized carbons (Fsp3) is 0.167. The Hall–Kier alpha value is -3.80. The maximum atomic E-state index is 12.4. The Balaban J connectivity index is 1.52. The molecule has 0 atom stereocenters. The monoisotopic (exact) mass is 404 g/mol. The smallest absolute Gasteiger partial charge is 0.262 e. The normalized spacial score (nSPS) is 10.2. The van der Waals surface area contributed by atoms with Gasteiger partial charge in [0.1, 0.15) is 11.5 Å². The average Bonchev–Trinajstić information content (AvgIpc) is 2.78. The summed E-state index contributed by atoms with van der Waals surface area (Å²) in [5.41, 5.74) is 3.05. The Kier molecular flexibility index (Phi) is 7.05. The van der Waals surface area contributed by atoms with Gasteiger partial charge >= 0.3 is 0 Å². The molecule has 2 N–H and O–H groups in total. The molecule has 0 aromatic heterocycles. The second-order valence-electron chi connectivity index (χ2n) is 6.60. The minimum Gasteiger partial charge on any atom is -0.497 e. The zero-order valence-corrected chi connectivity index (χ0v) is 17.0. The van der Waals surface area contributed by atoms with Crippen molar-refractivity contribution in [1.29, 1.82) is 0 Å². The molecule has 6 nitrogen and oxygen atoms in total. The SMILES string of the molecule is CCc1cccc(NC(=O)c2ccc(OCC(=O)Nc3cccc(OC)c3)cc2)c1. The second-order valence-corrected chi connectivity index (χ2v) is 6.60. The van der Waals surface area contributed by atoms with E-state index in [2.05, 4.69) is 17.6 Å². The van der Waals surface area contributed by atoms with E-state index in [1.807, 2.05) is 24.3 Å². The molecule has 154 valence electrons. The molecule has 3 aromatic rings. The average molecular weight is 404 g/mol. The first kappa shape index (κ1) is 20.9. The summed E-state index contributed by atoms with van der Waals surface area (Å²) in [7, 11) is 1.57. The number of carbonyl (C=O) groups is 2. The highest BCUT2D eigenvalue weighted by Gasteiger charge is 2.08. The number of nitrogens with one attached hydrogen (secondary N) is 2. The summed E-state index contributed by atoms with van der Waals surface area (Å²) in [4.78, 5) is 24.5. The van der Waals surface area contributed by atoms with Crippen LogP contribution < -0.4 is 20.1 Å². The van der Waals surface area contributed by atoms with Crippen LogP contribution in [-0.2, 0) is 11.2 Å². The van der Waals surface area contributed by atoms with Crippen LogP contribution in [-0.4, -0.2) is 25.5 Å². The third-order valence-electron chi connectivity index (χ3n) is 4.43. The number of ether oxygens (including phenoxy) is 2. The fourth-order valence-electron chi connectivity index (χ4n) is 2.82. The summed E-state index contributed by atoms with van der Waals surface area (Å²) in [5.74, 6) is 0.663. The van der Waals surface area contributed by atoms with Crippen molar-refractivity contribution < 1.29 is 19.1 Å². The molecule has 0 fully saturated rings. The minimum absolute atomic E-state index is 0.146. The van der Waals surface area contributed by atoms with Crippen LogP contribution >= 0.6 is 0 Å². The van der Waals surface area contributed by atoms with Gasteiger partial charge in [-0.2, -0.15) is 0 Å². The second kappa shape index (κ2) is 10.1. The molecular weight excluding hydrogens is 380 g/mol. The van der Waals surface area contributed by atoms with Gasteiger partial charge in [0.25, 0.3) is 11.8 Å². The molecule has 6 heteroatoms. The summed E-state index contributed by atoms with van der Waals surface area (Å²) < 4.78 is 10.6. The van der Waals surface area contributed by atoms with Crippen LogP contribution in [0.5, 0.6) is 11.5 Å². The molecule has 0 aliphatic carbocycles. The Morgan fingerprint density at radius 1 is 0.833 bits per heavy atom. The summed E-state index contributed by atoms with van der Waals surface area (Å²) >= 11 is 0. The van der Waals surface area contributed by atoms with Gasteiger partial charge in [-0.1, -0.05) is 25.1 Å². The lowest BCUT2D eigenvalue weighted by Crippen LogP contribution is -2.20. The minimum atomic E-state index is -0.291. The summed E-state index contributed by atoms with van der Waals surface area (Å²) in [6.45, 7) is 1.92. The molecule has 0 bridgehead atoms. The number of hydrogen-bond donors (Lipinski definition) is 2. The van der Waals surface area contributed by atoms with Crippen LogP contribution in [0.1, 0.15) is 22.8 Å². The number of hydrogen-bond acceptors (Lipinski definition) is 4. The molecule has 0 heterocycles. The van der Waals surface area contributed by atoms with Gasteiger partial charge in [-0.25, -0.2) is 0 Å². The van der Waals surface area contributed by atoms with Crippen LogP contribution in [0.2, 0.25) is 0 Å². The van der Waals surface area contributed by atoms with E-state index in [1.54, 1.807) is 55.6 Å². The van der Waals surface area contributed by atoms with Crippen LogP contribution in [0, 0.1) is 0 Å². The Morgan fingerprint density at radius 2 is 1.53 bits per heavy atom. The molecule has 0 radical (unpaired) electrons. The lowest BCUT2D eigenvalue weighted by Gasteiger charge is -2.10. The summed E-state index contributed by atoms with van der Waals surface area (Å²) in [6.07, 6.45) is 0.904. The maximum Gasteiger partial charge on any atom is 0.262 e.